The van der Waals surface area contributed by atoms with Crippen molar-refractivity contribution in [2.45, 2.75) is 43.6 Å². The van der Waals surface area contributed by atoms with Gasteiger partial charge in [-0.3, -0.25) is 0 Å². The zero-order valence-electron chi connectivity index (χ0n) is 11.5. The van der Waals surface area contributed by atoms with Gasteiger partial charge in [0, 0.05) is 13.1 Å². The molecule has 1 saturated carbocycles. The van der Waals surface area contributed by atoms with Crippen molar-refractivity contribution in [2.75, 3.05) is 13.1 Å². The molecule has 1 unspecified atom stereocenters. The average Bonchev–Trinajstić information content (AvgIpc) is 2.85. The van der Waals surface area contributed by atoms with Crippen LogP contribution in [0, 0.1) is 5.82 Å². The minimum atomic E-state index is -4.55. The number of hydrogen-bond acceptors (Lipinski definition) is 2. The summed E-state index contributed by atoms with van der Waals surface area (Å²) in [5.74, 6) is -0.880. The molecule has 1 aliphatic heterocycles. The van der Waals surface area contributed by atoms with Gasteiger partial charge in [-0.15, -0.1) is 0 Å². The molecule has 0 amide bonds. The summed E-state index contributed by atoms with van der Waals surface area (Å²) in [4.78, 5) is 0. The van der Waals surface area contributed by atoms with Gasteiger partial charge in [-0.2, -0.15) is 13.2 Å². The highest BCUT2D eigenvalue weighted by Crippen LogP contribution is 2.40. The molecule has 0 aromatic heterocycles. The van der Waals surface area contributed by atoms with Gasteiger partial charge in [0.05, 0.1) is 17.3 Å². The molecule has 6 heteroatoms. The van der Waals surface area contributed by atoms with Gasteiger partial charge in [0.2, 0.25) is 0 Å². The van der Waals surface area contributed by atoms with E-state index in [2.05, 4.69) is 5.32 Å². The maximum atomic E-state index is 13.5. The molecule has 1 saturated heterocycles. The van der Waals surface area contributed by atoms with Crippen LogP contribution in [-0.4, -0.2) is 18.7 Å². The number of alkyl halides is 3. The van der Waals surface area contributed by atoms with Crippen LogP contribution in [0.4, 0.5) is 17.6 Å². The lowest BCUT2D eigenvalue weighted by Crippen LogP contribution is -2.49. The van der Waals surface area contributed by atoms with Crippen LogP contribution in [0.15, 0.2) is 18.2 Å². The summed E-state index contributed by atoms with van der Waals surface area (Å²) in [6, 6.07) is 2.64. The maximum Gasteiger partial charge on any atom is 0.416 e. The Hall–Kier alpha value is -1.14. The van der Waals surface area contributed by atoms with Crippen LogP contribution in [0.2, 0.25) is 0 Å². The van der Waals surface area contributed by atoms with E-state index in [0.29, 0.717) is 19.2 Å². The normalized spacial score (nSPS) is 25.4. The van der Waals surface area contributed by atoms with Crippen LogP contribution in [-0.2, 0) is 10.9 Å². The van der Waals surface area contributed by atoms with Crippen molar-refractivity contribution in [3.8, 4) is 0 Å². The second-order valence-electron chi connectivity index (χ2n) is 5.90. The lowest BCUT2D eigenvalue weighted by molar-refractivity contribution is -0.138. The molecule has 1 aromatic carbocycles. The van der Waals surface area contributed by atoms with Crippen LogP contribution >= 0.6 is 0 Å². The Labute approximate surface area is 120 Å². The molecule has 1 aliphatic carbocycles. The average molecular weight is 303 g/mol. The smallest absolute Gasteiger partial charge is 0.364 e. The first-order chi connectivity index (χ1) is 9.88. The van der Waals surface area contributed by atoms with Gasteiger partial charge in [-0.1, -0.05) is 12.8 Å². The molecule has 2 fully saturated rings. The van der Waals surface area contributed by atoms with Crippen LogP contribution in [0.25, 0.3) is 0 Å². The predicted octanol–water partition coefficient (Wildman–Crippen LogP) is 3.82. The molecule has 1 atom stereocenters. The van der Waals surface area contributed by atoms with E-state index in [0.717, 1.165) is 37.8 Å². The molecule has 0 bridgehead atoms. The molecule has 2 nitrogen and oxygen atoms in total. The highest BCUT2D eigenvalue weighted by Gasteiger charge is 2.40. The Morgan fingerprint density at radius 2 is 1.86 bits per heavy atom. The molecule has 1 heterocycles. The van der Waals surface area contributed by atoms with Gasteiger partial charge in [-0.25, -0.2) is 4.39 Å². The number of halogens is 4. The number of morpholine rings is 1. The summed E-state index contributed by atoms with van der Waals surface area (Å²) in [6.07, 6.45) is -1.16. The first-order valence-corrected chi connectivity index (χ1v) is 7.14. The highest BCUT2D eigenvalue weighted by atomic mass is 19.4. The third kappa shape index (κ3) is 3.06. The molecule has 1 spiro atoms. The third-order valence-electron chi connectivity index (χ3n) is 4.30. The molecular formula is C15H17F4NO. The molecule has 116 valence electrons. The minimum absolute atomic E-state index is 0.251. The lowest BCUT2D eigenvalue weighted by atomic mass is 9.97. The second-order valence-corrected chi connectivity index (χ2v) is 5.90. The van der Waals surface area contributed by atoms with Crippen molar-refractivity contribution in [3.63, 3.8) is 0 Å². The van der Waals surface area contributed by atoms with Crippen molar-refractivity contribution < 1.29 is 22.3 Å². The Bertz CT molecular complexity index is 523. The first-order valence-electron chi connectivity index (χ1n) is 7.14. The van der Waals surface area contributed by atoms with Gasteiger partial charge in [-0.05, 0) is 36.6 Å². The summed E-state index contributed by atoms with van der Waals surface area (Å²) in [5.41, 5.74) is -1.01. The van der Waals surface area contributed by atoms with Gasteiger partial charge in [0.15, 0.2) is 0 Å². The Morgan fingerprint density at radius 3 is 2.52 bits per heavy atom. The number of nitrogens with one attached hydrogen (secondary N) is 1. The summed E-state index contributed by atoms with van der Waals surface area (Å²) in [7, 11) is 0. The van der Waals surface area contributed by atoms with E-state index in [9.17, 15) is 17.6 Å². The largest absolute Gasteiger partial charge is 0.416 e. The van der Waals surface area contributed by atoms with E-state index in [1.807, 2.05) is 0 Å². The summed E-state index contributed by atoms with van der Waals surface area (Å²) < 4.78 is 57.9. The van der Waals surface area contributed by atoms with E-state index in [4.69, 9.17) is 4.74 Å². The fourth-order valence-electron chi connectivity index (χ4n) is 3.28. The molecule has 2 aliphatic rings. The highest BCUT2D eigenvalue weighted by molar-refractivity contribution is 5.29. The second kappa shape index (κ2) is 5.25. The van der Waals surface area contributed by atoms with E-state index in [-0.39, 0.29) is 11.2 Å². The molecule has 3 rings (SSSR count). The van der Waals surface area contributed by atoms with Gasteiger partial charge >= 0.3 is 6.18 Å². The van der Waals surface area contributed by atoms with E-state index in [1.54, 1.807) is 0 Å². The quantitative estimate of drug-likeness (QED) is 0.796. The maximum absolute atomic E-state index is 13.5. The Morgan fingerprint density at radius 1 is 1.14 bits per heavy atom. The zero-order chi connectivity index (χ0) is 15.1. The van der Waals surface area contributed by atoms with Gasteiger partial charge in [0.1, 0.15) is 5.82 Å². The SMILES string of the molecule is Fc1cc(C2CNCC3(CCCC3)O2)cc(C(F)(F)F)c1. The van der Waals surface area contributed by atoms with E-state index < -0.39 is 23.7 Å². The van der Waals surface area contributed by atoms with Crippen LogP contribution < -0.4 is 5.32 Å². The van der Waals surface area contributed by atoms with E-state index in [1.165, 1.54) is 0 Å². The van der Waals surface area contributed by atoms with Crippen molar-refractivity contribution >= 4 is 0 Å². The van der Waals surface area contributed by atoms with Crippen LogP contribution in [0.3, 0.4) is 0 Å². The molecular weight excluding hydrogens is 286 g/mol. The summed E-state index contributed by atoms with van der Waals surface area (Å²) >= 11 is 0. The van der Waals surface area contributed by atoms with E-state index >= 15 is 0 Å². The molecule has 21 heavy (non-hydrogen) atoms. The standard InChI is InChI=1S/C15H17F4NO/c16-12-6-10(5-11(7-12)15(17,18)19)13-8-20-9-14(21-13)3-1-2-4-14/h5-7,13,20H,1-4,8-9H2. The first kappa shape index (κ1) is 14.8. The predicted molar refractivity (Wildman–Crippen MR) is 69.3 cm³/mol. The summed E-state index contributed by atoms with van der Waals surface area (Å²) in [5, 5.41) is 3.22. The van der Waals surface area contributed by atoms with Gasteiger partial charge < -0.3 is 10.1 Å². The molecule has 0 radical (unpaired) electrons. The number of rotatable bonds is 1. The Balaban J connectivity index is 1.87. The fourth-order valence-corrected chi connectivity index (χ4v) is 3.28. The monoisotopic (exact) mass is 303 g/mol. The number of benzene rings is 1. The third-order valence-corrected chi connectivity index (χ3v) is 4.30. The summed E-state index contributed by atoms with van der Waals surface area (Å²) in [6.45, 7) is 1.12. The van der Waals surface area contributed by atoms with Crippen molar-refractivity contribution in [3.05, 3.63) is 35.1 Å². The lowest BCUT2D eigenvalue weighted by Gasteiger charge is -2.39. The van der Waals surface area contributed by atoms with Gasteiger partial charge in [0.25, 0.3) is 0 Å². The topological polar surface area (TPSA) is 21.3 Å². The fraction of sp³-hybridized carbons (Fsp3) is 0.600. The van der Waals surface area contributed by atoms with Crippen LogP contribution in [0.5, 0.6) is 0 Å². The Kier molecular flexibility index (Phi) is 3.69. The molecule has 1 aromatic rings. The number of hydrogen-bond donors (Lipinski definition) is 1. The minimum Gasteiger partial charge on any atom is -0.364 e. The van der Waals surface area contributed by atoms with Crippen LogP contribution in [0.1, 0.15) is 42.9 Å². The van der Waals surface area contributed by atoms with Crippen molar-refractivity contribution in [1.29, 1.82) is 0 Å². The van der Waals surface area contributed by atoms with Crippen molar-refractivity contribution in [2.24, 2.45) is 0 Å². The molecule has 1 N–H and O–H groups in total. The number of ether oxygens (including phenoxy) is 1. The van der Waals surface area contributed by atoms with Crippen molar-refractivity contribution in [1.82, 2.24) is 5.32 Å². The zero-order valence-corrected chi connectivity index (χ0v) is 11.5.